The van der Waals surface area contributed by atoms with Gasteiger partial charge in [0.1, 0.15) is 0 Å². The summed E-state index contributed by atoms with van der Waals surface area (Å²) >= 11 is 0. The first-order valence-electron chi connectivity index (χ1n) is 6.87. The van der Waals surface area contributed by atoms with Crippen LogP contribution in [0.25, 0.3) is 0 Å². The summed E-state index contributed by atoms with van der Waals surface area (Å²) in [7, 11) is 4.28. The van der Waals surface area contributed by atoms with Crippen molar-refractivity contribution in [2.24, 2.45) is 0 Å². The summed E-state index contributed by atoms with van der Waals surface area (Å²) in [6.07, 6.45) is 2.59. The third-order valence-electron chi connectivity index (χ3n) is 3.75. The molecule has 0 spiro atoms. The van der Waals surface area contributed by atoms with Crippen LogP contribution < -0.4 is 5.73 Å². The van der Waals surface area contributed by atoms with Gasteiger partial charge in [-0.15, -0.1) is 0 Å². The molecule has 0 aromatic heterocycles. The van der Waals surface area contributed by atoms with Gasteiger partial charge in [0.25, 0.3) is 0 Å². The van der Waals surface area contributed by atoms with Gasteiger partial charge in [0.15, 0.2) is 0 Å². The van der Waals surface area contributed by atoms with E-state index in [0.717, 1.165) is 12.2 Å². The molecule has 1 fully saturated rings. The average molecular weight is 247 g/mol. The number of benzene rings is 1. The molecule has 1 aliphatic rings. The smallest absolute Gasteiger partial charge is 0.0316 e. The van der Waals surface area contributed by atoms with Gasteiger partial charge in [-0.2, -0.15) is 0 Å². The maximum absolute atomic E-state index is 5.88. The minimum Gasteiger partial charge on any atom is -0.399 e. The normalized spacial score (nSPS) is 21.4. The van der Waals surface area contributed by atoms with Crippen molar-refractivity contribution < 1.29 is 0 Å². The number of nitrogens with two attached hydrogens (primary N) is 1. The summed E-state index contributed by atoms with van der Waals surface area (Å²) in [6.45, 7) is 4.74. The molecule has 2 rings (SSSR count). The summed E-state index contributed by atoms with van der Waals surface area (Å²) in [5, 5.41) is 0. The lowest BCUT2D eigenvalue weighted by Gasteiger charge is -2.33. The van der Waals surface area contributed by atoms with Gasteiger partial charge in [-0.25, -0.2) is 0 Å². The molecule has 1 heterocycles. The van der Waals surface area contributed by atoms with Crippen molar-refractivity contribution in [2.75, 3.05) is 46.0 Å². The highest BCUT2D eigenvalue weighted by Gasteiger charge is 2.21. The van der Waals surface area contributed by atoms with Crippen molar-refractivity contribution in [1.82, 2.24) is 9.80 Å². The van der Waals surface area contributed by atoms with E-state index in [1.807, 2.05) is 6.07 Å². The molecule has 0 amide bonds. The molecule has 3 heteroatoms. The van der Waals surface area contributed by atoms with Gasteiger partial charge in [-0.05, 0) is 57.1 Å². The first-order chi connectivity index (χ1) is 8.65. The second-order valence-corrected chi connectivity index (χ2v) is 5.61. The van der Waals surface area contributed by atoms with Gasteiger partial charge < -0.3 is 15.5 Å². The third-order valence-corrected chi connectivity index (χ3v) is 3.75. The number of anilines is 1. The Labute approximate surface area is 111 Å². The molecule has 1 aromatic rings. The number of piperidine rings is 1. The Morgan fingerprint density at radius 1 is 1.39 bits per heavy atom. The standard InChI is InChI=1S/C15H25N3/c1-17(2)9-10-18-8-4-6-14(12-18)13-5-3-7-15(16)11-13/h3,5,7,11,14H,4,6,8-10,12,16H2,1-2H3. The molecule has 0 aliphatic carbocycles. The number of hydrogen-bond acceptors (Lipinski definition) is 3. The average Bonchev–Trinajstić information content (AvgIpc) is 2.37. The lowest BCUT2D eigenvalue weighted by Crippen LogP contribution is -2.38. The highest BCUT2D eigenvalue weighted by molar-refractivity contribution is 5.42. The van der Waals surface area contributed by atoms with Crippen molar-refractivity contribution >= 4 is 5.69 Å². The van der Waals surface area contributed by atoms with Crippen molar-refractivity contribution in [3.63, 3.8) is 0 Å². The van der Waals surface area contributed by atoms with Crippen molar-refractivity contribution in [1.29, 1.82) is 0 Å². The number of likely N-dealkylation sites (N-methyl/N-ethyl adjacent to an activating group) is 1. The minimum absolute atomic E-state index is 0.657. The fourth-order valence-electron chi connectivity index (χ4n) is 2.69. The second kappa shape index (κ2) is 6.21. The zero-order valence-electron chi connectivity index (χ0n) is 11.6. The quantitative estimate of drug-likeness (QED) is 0.826. The second-order valence-electron chi connectivity index (χ2n) is 5.61. The lowest BCUT2D eigenvalue weighted by atomic mass is 9.90. The van der Waals surface area contributed by atoms with Crippen LogP contribution in [-0.4, -0.2) is 50.1 Å². The topological polar surface area (TPSA) is 32.5 Å². The largest absolute Gasteiger partial charge is 0.399 e. The molecule has 1 unspecified atom stereocenters. The van der Waals surface area contributed by atoms with Crippen LogP contribution in [0.5, 0.6) is 0 Å². The summed E-state index contributed by atoms with van der Waals surface area (Å²) in [5.74, 6) is 0.657. The Kier molecular flexibility index (Phi) is 4.61. The van der Waals surface area contributed by atoms with Gasteiger partial charge in [-0.3, -0.25) is 0 Å². The molecule has 3 nitrogen and oxygen atoms in total. The summed E-state index contributed by atoms with van der Waals surface area (Å²) in [5.41, 5.74) is 8.17. The van der Waals surface area contributed by atoms with E-state index in [1.165, 1.54) is 38.0 Å². The van der Waals surface area contributed by atoms with Crippen LogP contribution in [0, 0.1) is 0 Å². The Balaban J connectivity index is 1.94. The van der Waals surface area contributed by atoms with E-state index in [2.05, 4.69) is 42.1 Å². The first-order valence-corrected chi connectivity index (χ1v) is 6.87. The summed E-state index contributed by atoms with van der Waals surface area (Å²) in [6, 6.07) is 8.40. The predicted octanol–water partition coefficient (Wildman–Crippen LogP) is 2.01. The molecule has 100 valence electrons. The Bertz CT molecular complexity index is 376. The molecule has 1 aromatic carbocycles. The maximum atomic E-state index is 5.88. The summed E-state index contributed by atoms with van der Waals surface area (Å²) in [4.78, 5) is 4.83. The SMILES string of the molecule is CN(C)CCN1CCCC(c2cccc(N)c2)C1. The number of hydrogen-bond donors (Lipinski definition) is 1. The molecular formula is C15H25N3. The molecule has 1 saturated heterocycles. The Morgan fingerprint density at radius 3 is 2.94 bits per heavy atom. The van der Waals surface area contributed by atoms with Gasteiger partial charge in [0, 0.05) is 25.3 Å². The molecule has 2 N–H and O–H groups in total. The first kappa shape index (κ1) is 13.4. The van der Waals surface area contributed by atoms with Crippen LogP contribution in [0.15, 0.2) is 24.3 Å². The zero-order valence-corrected chi connectivity index (χ0v) is 11.6. The number of nitrogens with zero attached hydrogens (tertiary/aromatic N) is 2. The van der Waals surface area contributed by atoms with Gasteiger partial charge in [0.2, 0.25) is 0 Å². The van der Waals surface area contributed by atoms with Crippen LogP contribution in [0.3, 0.4) is 0 Å². The van der Waals surface area contributed by atoms with Crippen LogP contribution in [0.1, 0.15) is 24.3 Å². The van der Waals surface area contributed by atoms with E-state index in [-0.39, 0.29) is 0 Å². The van der Waals surface area contributed by atoms with E-state index in [0.29, 0.717) is 5.92 Å². The highest BCUT2D eigenvalue weighted by atomic mass is 15.2. The van der Waals surface area contributed by atoms with Crippen molar-refractivity contribution in [3.05, 3.63) is 29.8 Å². The third kappa shape index (κ3) is 3.72. The lowest BCUT2D eigenvalue weighted by molar-refractivity contribution is 0.190. The number of rotatable bonds is 4. The van der Waals surface area contributed by atoms with Crippen LogP contribution in [0.2, 0.25) is 0 Å². The molecule has 1 atom stereocenters. The number of likely N-dealkylation sites (tertiary alicyclic amines) is 1. The fourth-order valence-corrected chi connectivity index (χ4v) is 2.69. The molecular weight excluding hydrogens is 222 g/mol. The molecule has 18 heavy (non-hydrogen) atoms. The number of nitrogen functional groups attached to an aromatic ring is 1. The Morgan fingerprint density at radius 2 is 2.22 bits per heavy atom. The van der Waals surface area contributed by atoms with Crippen molar-refractivity contribution in [3.8, 4) is 0 Å². The molecule has 0 radical (unpaired) electrons. The van der Waals surface area contributed by atoms with E-state index in [1.54, 1.807) is 0 Å². The van der Waals surface area contributed by atoms with Gasteiger partial charge >= 0.3 is 0 Å². The molecule has 0 saturated carbocycles. The van der Waals surface area contributed by atoms with E-state index in [9.17, 15) is 0 Å². The van der Waals surface area contributed by atoms with Gasteiger partial charge in [-0.1, -0.05) is 12.1 Å². The molecule has 1 aliphatic heterocycles. The molecule has 0 bridgehead atoms. The van der Waals surface area contributed by atoms with E-state index in [4.69, 9.17) is 5.73 Å². The summed E-state index contributed by atoms with van der Waals surface area (Å²) < 4.78 is 0. The maximum Gasteiger partial charge on any atom is 0.0316 e. The van der Waals surface area contributed by atoms with Crippen LogP contribution in [-0.2, 0) is 0 Å². The van der Waals surface area contributed by atoms with Crippen LogP contribution in [0.4, 0.5) is 5.69 Å². The minimum atomic E-state index is 0.657. The van der Waals surface area contributed by atoms with Gasteiger partial charge in [0.05, 0.1) is 0 Å². The van der Waals surface area contributed by atoms with Crippen molar-refractivity contribution in [2.45, 2.75) is 18.8 Å². The van der Waals surface area contributed by atoms with E-state index >= 15 is 0 Å². The Hall–Kier alpha value is -1.06. The monoisotopic (exact) mass is 247 g/mol. The highest BCUT2D eigenvalue weighted by Crippen LogP contribution is 2.27. The predicted molar refractivity (Wildman–Crippen MR) is 77.8 cm³/mol. The fraction of sp³-hybridized carbons (Fsp3) is 0.600. The zero-order chi connectivity index (χ0) is 13.0. The van der Waals surface area contributed by atoms with Crippen LogP contribution >= 0.6 is 0 Å². The van der Waals surface area contributed by atoms with E-state index < -0.39 is 0 Å².